The summed E-state index contributed by atoms with van der Waals surface area (Å²) in [6, 6.07) is 9.63. The molecule has 0 unspecified atom stereocenters. The number of methoxy groups -OCH3 is 2. The zero-order chi connectivity index (χ0) is 21.0. The van der Waals surface area contributed by atoms with Crippen LogP contribution in [0.3, 0.4) is 0 Å². The van der Waals surface area contributed by atoms with Gasteiger partial charge in [0.15, 0.2) is 11.5 Å². The van der Waals surface area contributed by atoms with Crippen LogP contribution in [0.4, 0.5) is 0 Å². The first-order valence-corrected chi connectivity index (χ1v) is 9.10. The summed E-state index contributed by atoms with van der Waals surface area (Å²) in [4.78, 5) is 24.1. The predicted molar refractivity (Wildman–Crippen MR) is 107 cm³/mol. The highest BCUT2D eigenvalue weighted by atomic mass is 16.5. The van der Waals surface area contributed by atoms with Gasteiger partial charge in [0, 0.05) is 23.1 Å². The number of esters is 1. The Morgan fingerprint density at radius 2 is 1.79 bits per heavy atom. The largest absolute Gasteiger partial charge is 0.508 e. The van der Waals surface area contributed by atoms with Crippen molar-refractivity contribution in [2.24, 2.45) is 0 Å². The smallest absolute Gasteiger partial charge is 0.336 e. The van der Waals surface area contributed by atoms with Crippen LogP contribution in [0.15, 0.2) is 45.6 Å². The lowest BCUT2D eigenvalue weighted by Crippen LogP contribution is -2.10. The first kappa shape index (κ1) is 20.3. The van der Waals surface area contributed by atoms with Gasteiger partial charge in [-0.25, -0.2) is 4.79 Å². The van der Waals surface area contributed by atoms with Crippen molar-refractivity contribution in [1.29, 1.82) is 0 Å². The normalized spacial score (nSPS) is 10.7. The van der Waals surface area contributed by atoms with Crippen LogP contribution in [-0.4, -0.2) is 25.3 Å². The molecule has 0 bridgehead atoms. The van der Waals surface area contributed by atoms with Crippen molar-refractivity contribution in [3.8, 4) is 17.2 Å². The quantitative estimate of drug-likeness (QED) is 0.482. The molecule has 0 aliphatic carbocycles. The maximum Gasteiger partial charge on any atom is 0.336 e. The number of phenols is 1. The van der Waals surface area contributed by atoms with E-state index in [2.05, 4.69) is 0 Å². The Morgan fingerprint density at radius 3 is 2.48 bits per heavy atom. The molecule has 0 fully saturated rings. The van der Waals surface area contributed by atoms with Gasteiger partial charge in [-0.2, -0.15) is 0 Å². The van der Waals surface area contributed by atoms with E-state index in [9.17, 15) is 14.7 Å². The van der Waals surface area contributed by atoms with Gasteiger partial charge in [0.1, 0.15) is 17.9 Å². The zero-order valence-electron chi connectivity index (χ0n) is 16.5. The highest BCUT2D eigenvalue weighted by Gasteiger charge is 2.13. The number of fused-ring (bicyclic) bond motifs is 1. The first-order chi connectivity index (χ1) is 13.9. The van der Waals surface area contributed by atoms with Gasteiger partial charge in [0.2, 0.25) is 0 Å². The summed E-state index contributed by atoms with van der Waals surface area (Å²) < 4.78 is 20.9. The molecule has 1 heterocycles. The summed E-state index contributed by atoms with van der Waals surface area (Å²) in [5.74, 6) is 0.706. The van der Waals surface area contributed by atoms with E-state index in [4.69, 9.17) is 18.6 Å². The summed E-state index contributed by atoms with van der Waals surface area (Å²) in [5, 5.41) is 10.6. The lowest BCUT2D eigenvalue weighted by Gasteiger charge is -2.11. The minimum Gasteiger partial charge on any atom is -0.508 e. The average molecular weight is 398 g/mol. The summed E-state index contributed by atoms with van der Waals surface area (Å²) in [7, 11) is 3.06. The highest BCUT2D eigenvalue weighted by molar-refractivity contribution is 5.83. The number of carbonyl (C=O) groups excluding carboxylic acids is 1. The SMILES string of the molecule is CCc1cc2c(COC(=O)Cc3ccc(OC)c(OC)c3)cc(=O)oc2cc1O. The second-order valence-corrected chi connectivity index (χ2v) is 6.45. The molecule has 0 atom stereocenters. The molecule has 7 nitrogen and oxygen atoms in total. The van der Waals surface area contributed by atoms with Crippen molar-refractivity contribution in [3.63, 3.8) is 0 Å². The van der Waals surface area contributed by atoms with Crippen LogP contribution in [0.1, 0.15) is 23.6 Å². The topological polar surface area (TPSA) is 95.2 Å². The molecule has 29 heavy (non-hydrogen) atoms. The third-order valence-corrected chi connectivity index (χ3v) is 4.60. The van der Waals surface area contributed by atoms with Crippen LogP contribution in [0.5, 0.6) is 17.2 Å². The van der Waals surface area contributed by atoms with Crippen LogP contribution >= 0.6 is 0 Å². The van der Waals surface area contributed by atoms with E-state index >= 15 is 0 Å². The summed E-state index contributed by atoms with van der Waals surface area (Å²) in [6.45, 7) is 1.82. The lowest BCUT2D eigenvalue weighted by molar-refractivity contribution is -0.144. The second kappa shape index (κ2) is 8.68. The van der Waals surface area contributed by atoms with Gasteiger partial charge in [0.05, 0.1) is 20.6 Å². The van der Waals surface area contributed by atoms with E-state index in [0.717, 1.165) is 0 Å². The molecule has 3 rings (SSSR count). The number of aryl methyl sites for hydroxylation is 1. The van der Waals surface area contributed by atoms with Crippen molar-refractivity contribution >= 4 is 16.9 Å². The fraction of sp³-hybridized carbons (Fsp3) is 0.273. The maximum absolute atomic E-state index is 12.3. The molecule has 0 saturated carbocycles. The molecule has 0 amide bonds. The van der Waals surface area contributed by atoms with Crippen molar-refractivity contribution in [3.05, 3.63) is 63.5 Å². The molecule has 152 valence electrons. The van der Waals surface area contributed by atoms with Gasteiger partial charge < -0.3 is 23.7 Å². The maximum atomic E-state index is 12.3. The summed E-state index contributed by atoms with van der Waals surface area (Å²) >= 11 is 0. The minimum absolute atomic E-state index is 0.0424. The van der Waals surface area contributed by atoms with Gasteiger partial charge in [-0.15, -0.1) is 0 Å². The number of carbonyl (C=O) groups is 1. The van der Waals surface area contributed by atoms with E-state index in [-0.39, 0.29) is 24.4 Å². The fourth-order valence-electron chi connectivity index (χ4n) is 3.08. The minimum atomic E-state index is -0.577. The molecule has 2 aromatic carbocycles. The van der Waals surface area contributed by atoms with Crippen LogP contribution in [-0.2, 0) is 29.0 Å². The van der Waals surface area contributed by atoms with E-state index in [1.54, 1.807) is 24.3 Å². The Bertz CT molecular complexity index is 1100. The predicted octanol–water partition coefficient (Wildman–Crippen LogP) is 3.36. The van der Waals surface area contributed by atoms with Crippen LogP contribution in [0.2, 0.25) is 0 Å². The Kier molecular flexibility index (Phi) is 6.07. The van der Waals surface area contributed by atoms with Crippen molar-refractivity contribution < 1.29 is 28.5 Å². The molecule has 0 aliphatic rings. The van der Waals surface area contributed by atoms with Crippen molar-refractivity contribution in [2.45, 2.75) is 26.4 Å². The van der Waals surface area contributed by atoms with Crippen molar-refractivity contribution in [2.75, 3.05) is 14.2 Å². The Labute approximate surface area is 167 Å². The number of hydrogen-bond donors (Lipinski definition) is 1. The second-order valence-electron chi connectivity index (χ2n) is 6.45. The van der Waals surface area contributed by atoms with Gasteiger partial charge in [0.25, 0.3) is 0 Å². The number of aromatic hydroxyl groups is 1. The van der Waals surface area contributed by atoms with E-state index in [1.807, 2.05) is 6.92 Å². The monoisotopic (exact) mass is 398 g/mol. The molecule has 0 aliphatic heterocycles. The zero-order valence-corrected chi connectivity index (χ0v) is 16.5. The highest BCUT2D eigenvalue weighted by Crippen LogP contribution is 2.29. The van der Waals surface area contributed by atoms with Gasteiger partial charge in [-0.3, -0.25) is 4.79 Å². The molecule has 0 radical (unpaired) electrons. The van der Waals surface area contributed by atoms with Crippen LogP contribution < -0.4 is 15.1 Å². The number of ether oxygens (including phenoxy) is 3. The standard InChI is InChI=1S/C22H22O7/c1-4-14-9-16-15(10-22(25)29-19(16)11-17(14)23)12-28-21(24)8-13-5-6-18(26-2)20(7-13)27-3/h5-7,9-11,23H,4,8,12H2,1-3H3. The molecule has 1 aromatic heterocycles. The third kappa shape index (κ3) is 4.51. The number of rotatable bonds is 7. The number of phenolic OH excluding ortho intramolecular Hbond substituents is 1. The van der Waals surface area contributed by atoms with Crippen LogP contribution in [0, 0.1) is 0 Å². The molecule has 1 N–H and O–H groups in total. The Morgan fingerprint density at radius 1 is 1.03 bits per heavy atom. The lowest BCUT2D eigenvalue weighted by atomic mass is 10.0. The van der Waals surface area contributed by atoms with Gasteiger partial charge in [-0.05, 0) is 35.7 Å². The molecular weight excluding hydrogens is 376 g/mol. The third-order valence-electron chi connectivity index (χ3n) is 4.60. The molecular formula is C22H22O7. The van der Waals surface area contributed by atoms with Gasteiger partial charge in [-0.1, -0.05) is 13.0 Å². The van der Waals surface area contributed by atoms with Crippen molar-refractivity contribution in [1.82, 2.24) is 0 Å². The summed E-state index contributed by atoms with van der Waals surface area (Å²) in [5.41, 5.74) is 1.62. The summed E-state index contributed by atoms with van der Waals surface area (Å²) in [6.07, 6.45) is 0.653. The molecule has 0 saturated heterocycles. The Hall–Kier alpha value is -3.48. The molecule has 0 spiro atoms. The average Bonchev–Trinajstić information content (AvgIpc) is 2.71. The van der Waals surface area contributed by atoms with Gasteiger partial charge >= 0.3 is 11.6 Å². The number of hydrogen-bond acceptors (Lipinski definition) is 7. The van der Waals surface area contributed by atoms with E-state index in [0.29, 0.717) is 40.0 Å². The fourth-order valence-corrected chi connectivity index (χ4v) is 3.08. The van der Waals surface area contributed by atoms with Crippen LogP contribution in [0.25, 0.3) is 11.0 Å². The number of benzene rings is 2. The Balaban J connectivity index is 1.78. The molecule has 7 heteroatoms. The first-order valence-electron chi connectivity index (χ1n) is 9.10. The van der Waals surface area contributed by atoms with E-state index < -0.39 is 11.6 Å². The van der Waals surface area contributed by atoms with E-state index in [1.165, 1.54) is 26.4 Å². The molecule has 3 aromatic rings.